The zero-order valence-corrected chi connectivity index (χ0v) is 16.6. The van der Waals surface area contributed by atoms with Gasteiger partial charge in [-0.25, -0.2) is 4.39 Å². The monoisotopic (exact) mass is 393 g/mol. The summed E-state index contributed by atoms with van der Waals surface area (Å²) in [5.41, 5.74) is 2.80. The smallest absolute Gasteiger partial charge is 0.227 e. The highest BCUT2D eigenvalue weighted by molar-refractivity contribution is 5.78. The van der Waals surface area contributed by atoms with E-state index >= 15 is 0 Å². The van der Waals surface area contributed by atoms with Gasteiger partial charge in [-0.3, -0.25) is 4.79 Å². The van der Waals surface area contributed by atoms with Crippen LogP contribution in [0, 0.1) is 5.82 Å². The van der Waals surface area contributed by atoms with E-state index in [9.17, 15) is 9.18 Å². The average Bonchev–Trinajstić information content (AvgIpc) is 2.76. The Hall–Kier alpha value is -3.34. The fourth-order valence-electron chi connectivity index (χ4n) is 3.02. The van der Waals surface area contributed by atoms with Crippen molar-refractivity contribution in [2.45, 2.75) is 19.5 Å². The molecule has 0 aliphatic heterocycles. The van der Waals surface area contributed by atoms with Crippen molar-refractivity contribution < 1.29 is 18.7 Å². The van der Waals surface area contributed by atoms with Crippen molar-refractivity contribution in [2.75, 3.05) is 14.2 Å². The molecular weight excluding hydrogens is 369 g/mol. The van der Waals surface area contributed by atoms with E-state index in [1.165, 1.54) is 12.1 Å². The predicted octanol–water partition coefficient (Wildman–Crippen LogP) is 4.61. The van der Waals surface area contributed by atoms with Crippen LogP contribution in [0.25, 0.3) is 0 Å². The molecule has 0 aliphatic carbocycles. The van der Waals surface area contributed by atoms with Crippen molar-refractivity contribution in [3.8, 4) is 11.5 Å². The third kappa shape index (κ3) is 5.82. The molecule has 0 saturated carbocycles. The van der Waals surface area contributed by atoms with Gasteiger partial charge in [0.15, 0.2) is 0 Å². The van der Waals surface area contributed by atoms with E-state index in [0.717, 1.165) is 28.2 Å². The molecule has 0 radical (unpaired) electrons. The summed E-state index contributed by atoms with van der Waals surface area (Å²) in [7, 11) is 3.24. The van der Waals surface area contributed by atoms with Crippen LogP contribution < -0.4 is 9.47 Å². The number of carbonyl (C=O) groups is 1. The Labute approximate surface area is 170 Å². The van der Waals surface area contributed by atoms with Crippen molar-refractivity contribution in [2.24, 2.45) is 0 Å². The molecule has 0 aliphatic rings. The summed E-state index contributed by atoms with van der Waals surface area (Å²) in [5, 5.41) is 0. The van der Waals surface area contributed by atoms with Gasteiger partial charge in [-0.1, -0.05) is 36.4 Å². The number of halogens is 1. The second-order valence-electron chi connectivity index (χ2n) is 6.75. The van der Waals surface area contributed by atoms with Crippen LogP contribution in [0.4, 0.5) is 4.39 Å². The molecule has 0 unspecified atom stereocenters. The van der Waals surface area contributed by atoms with E-state index in [1.807, 2.05) is 48.5 Å². The molecule has 4 nitrogen and oxygen atoms in total. The highest BCUT2D eigenvalue weighted by Gasteiger charge is 2.16. The number of benzene rings is 3. The summed E-state index contributed by atoms with van der Waals surface area (Å²) < 4.78 is 23.6. The Kier molecular flexibility index (Phi) is 6.85. The topological polar surface area (TPSA) is 38.8 Å². The third-order valence-corrected chi connectivity index (χ3v) is 4.69. The lowest BCUT2D eigenvalue weighted by atomic mass is 10.1. The van der Waals surface area contributed by atoms with E-state index in [0.29, 0.717) is 13.1 Å². The van der Waals surface area contributed by atoms with Crippen molar-refractivity contribution >= 4 is 5.91 Å². The van der Waals surface area contributed by atoms with Crippen LogP contribution in [0.5, 0.6) is 11.5 Å². The molecule has 3 rings (SSSR count). The number of hydrogen-bond donors (Lipinski definition) is 0. The summed E-state index contributed by atoms with van der Waals surface area (Å²) in [6, 6.07) is 21.4. The predicted molar refractivity (Wildman–Crippen MR) is 110 cm³/mol. The molecule has 0 N–H and O–H groups in total. The van der Waals surface area contributed by atoms with E-state index < -0.39 is 0 Å². The van der Waals surface area contributed by atoms with Gasteiger partial charge in [0.25, 0.3) is 0 Å². The maximum absolute atomic E-state index is 13.2. The van der Waals surface area contributed by atoms with E-state index in [4.69, 9.17) is 9.47 Å². The molecule has 150 valence electrons. The molecule has 0 spiro atoms. The summed E-state index contributed by atoms with van der Waals surface area (Å²) in [4.78, 5) is 14.8. The summed E-state index contributed by atoms with van der Waals surface area (Å²) in [6.45, 7) is 0.937. The lowest BCUT2D eigenvalue weighted by Gasteiger charge is -2.23. The second-order valence-corrected chi connectivity index (χ2v) is 6.75. The SMILES string of the molecule is COc1ccc(CN(Cc2ccc(OC)cc2)C(=O)Cc2ccc(F)cc2)cc1. The maximum atomic E-state index is 13.2. The standard InChI is InChI=1S/C24H24FNO3/c1-28-22-11-5-19(6-12-22)16-26(17-20-7-13-23(29-2)14-8-20)24(27)15-18-3-9-21(25)10-4-18/h3-14H,15-17H2,1-2H3. The van der Waals surface area contributed by atoms with Gasteiger partial charge < -0.3 is 14.4 Å². The minimum Gasteiger partial charge on any atom is -0.497 e. The molecule has 0 bridgehead atoms. The molecule has 0 saturated heterocycles. The molecule has 0 heterocycles. The number of hydrogen-bond acceptors (Lipinski definition) is 3. The minimum atomic E-state index is -0.311. The van der Waals surface area contributed by atoms with Crippen molar-refractivity contribution in [3.63, 3.8) is 0 Å². The third-order valence-electron chi connectivity index (χ3n) is 4.69. The summed E-state index contributed by atoms with van der Waals surface area (Å²) in [6.07, 6.45) is 0.215. The van der Waals surface area contributed by atoms with E-state index in [1.54, 1.807) is 31.3 Å². The molecule has 3 aromatic carbocycles. The zero-order valence-electron chi connectivity index (χ0n) is 16.6. The first-order valence-corrected chi connectivity index (χ1v) is 9.35. The zero-order chi connectivity index (χ0) is 20.6. The van der Waals surface area contributed by atoms with Crippen LogP contribution in [0.2, 0.25) is 0 Å². The van der Waals surface area contributed by atoms with Crippen LogP contribution in [0.1, 0.15) is 16.7 Å². The molecule has 29 heavy (non-hydrogen) atoms. The first kappa shape index (κ1) is 20.4. The van der Waals surface area contributed by atoms with Gasteiger partial charge in [-0.15, -0.1) is 0 Å². The van der Waals surface area contributed by atoms with Crippen LogP contribution in [-0.2, 0) is 24.3 Å². The minimum absolute atomic E-state index is 0.0248. The van der Waals surface area contributed by atoms with Gasteiger partial charge in [0.1, 0.15) is 17.3 Å². The second kappa shape index (κ2) is 9.73. The first-order valence-electron chi connectivity index (χ1n) is 9.35. The summed E-state index contributed by atoms with van der Waals surface area (Å²) in [5.74, 6) is 1.21. The average molecular weight is 393 g/mol. The first-order chi connectivity index (χ1) is 14.1. The molecule has 5 heteroatoms. The maximum Gasteiger partial charge on any atom is 0.227 e. The number of rotatable bonds is 8. The molecule has 1 amide bonds. The number of amides is 1. The van der Waals surface area contributed by atoms with Gasteiger partial charge >= 0.3 is 0 Å². The highest BCUT2D eigenvalue weighted by Crippen LogP contribution is 2.18. The summed E-state index contributed by atoms with van der Waals surface area (Å²) >= 11 is 0. The van der Waals surface area contributed by atoms with Crippen molar-refractivity contribution in [3.05, 3.63) is 95.3 Å². The number of nitrogens with zero attached hydrogens (tertiary/aromatic N) is 1. The van der Waals surface area contributed by atoms with E-state index in [-0.39, 0.29) is 18.1 Å². The Bertz CT molecular complexity index is 872. The molecule has 0 aromatic heterocycles. The van der Waals surface area contributed by atoms with Gasteiger partial charge in [0.2, 0.25) is 5.91 Å². The van der Waals surface area contributed by atoms with Gasteiger partial charge in [0, 0.05) is 13.1 Å². The lowest BCUT2D eigenvalue weighted by Crippen LogP contribution is -2.31. The molecular formula is C24H24FNO3. The van der Waals surface area contributed by atoms with Gasteiger partial charge in [-0.2, -0.15) is 0 Å². The number of carbonyl (C=O) groups excluding carboxylic acids is 1. The molecule has 3 aromatic rings. The van der Waals surface area contributed by atoms with Crippen LogP contribution in [-0.4, -0.2) is 25.0 Å². The van der Waals surface area contributed by atoms with Crippen molar-refractivity contribution in [1.82, 2.24) is 4.90 Å². The molecule has 0 atom stereocenters. The normalized spacial score (nSPS) is 10.4. The lowest BCUT2D eigenvalue weighted by molar-refractivity contribution is -0.131. The Balaban J connectivity index is 1.78. The van der Waals surface area contributed by atoms with Gasteiger partial charge in [-0.05, 0) is 53.1 Å². The Morgan fingerprint density at radius 3 is 1.55 bits per heavy atom. The van der Waals surface area contributed by atoms with Crippen LogP contribution in [0.3, 0.4) is 0 Å². The number of ether oxygens (including phenoxy) is 2. The Morgan fingerprint density at radius 1 is 0.724 bits per heavy atom. The van der Waals surface area contributed by atoms with Crippen molar-refractivity contribution in [1.29, 1.82) is 0 Å². The fraction of sp³-hybridized carbons (Fsp3) is 0.208. The quantitative estimate of drug-likeness (QED) is 0.561. The Morgan fingerprint density at radius 2 is 1.14 bits per heavy atom. The highest BCUT2D eigenvalue weighted by atomic mass is 19.1. The fourth-order valence-corrected chi connectivity index (χ4v) is 3.02. The van der Waals surface area contributed by atoms with E-state index in [2.05, 4.69) is 0 Å². The van der Waals surface area contributed by atoms with Crippen LogP contribution in [0.15, 0.2) is 72.8 Å². The largest absolute Gasteiger partial charge is 0.497 e. The van der Waals surface area contributed by atoms with Gasteiger partial charge in [0.05, 0.1) is 20.6 Å². The number of methoxy groups -OCH3 is 2. The van der Waals surface area contributed by atoms with Crippen LogP contribution >= 0.6 is 0 Å². The molecule has 0 fully saturated rings.